The Kier molecular flexibility index (Phi) is 5.09. The number of aromatic nitrogens is 2. The molecule has 20 heavy (non-hydrogen) atoms. The number of nitrogens with one attached hydrogen (secondary N) is 1. The smallest absolute Gasteiger partial charge is 0.319 e. The van der Waals surface area contributed by atoms with Gasteiger partial charge in [0.25, 0.3) is 0 Å². The molecule has 106 valence electrons. The van der Waals surface area contributed by atoms with Gasteiger partial charge in [-0.25, -0.2) is 0 Å². The predicted octanol–water partition coefficient (Wildman–Crippen LogP) is 2.04. The lowest BCUT2D eigenvalue weighted by molar-refractivity contribution is -0.142. The van der Waals surface area contributed by atoms with Crippen molar-refractivity contribution in [1.82, 2.24) is 15.5 Å². The highest BCUT2D eigenvalue weighted by Crippen LogP contribution is 2.19. The number of halogens is 1. The predicted molar refractivity (Wildman–Crippen MR) is 73.1 cm³/mol. The minimum atomic E-state index is -0.315. The fourth-order valence-electron chi connectivity index (χ4n) is 1.52. The zero-order valence-electron chi connectivity index (χ0n) is 10.9. The molecule has 0 fully saturated rings. The molecule has 0 spiro atoms. The maximum absolute atomic E-state index is 11.1. The van der Waals surface area contributed by atoms with Crippen LogP contribution in [0, 0.1) is 0 Å². The average Bonchev–Trinajstić information content (AvgIpc) is 2.89. The van der Waals surface area contributed by atoms with Crippen LogP contribution >= 0.6 is 11.6 Å². The Labute approximate surface area is 121 Å². The second kappa shape index (κ2) is 7.02. The molecule has 1 aromatic heterocycles. The number of hydrogen-bond donors (Lipinski definition) is 1. The van der Waals surface area contributed by atoms with Crippen molar-refractivity contribution in [3.63, 3.8) is 0 Å². The van der Waals surface area contributed by atoms with E-state index in [-0.39, 0.29) is 12.5 Å². The van der Waals surface area contributed by atoms with Crippen LogP contribution in [0.2, 0.25) is 5.02 Å². The summed E-state index contributed by atoms with van der Waals surface area (Å²) in [6.07, 6.45) is 0. The Morgan fingerprint density at radius 1 is 1.35 bits per heavy atom. The fraction of sp³-hybridized carbons (Fsp3) is 0.308. The first kappa shape index (κ1) is 14.5. The molecular weight excluding hydrogens is 282 g/mol. The Morgan fingerprint density at radius 2 is 2.10 bits per heavy atom. The van der Waals surface area contributed by atoms with Crippen LogP contribution < -0.4 is 5.32 Å². The Balaban J connectivity index is 1.89. The van der Waals surface area contributed by atoms with Crippen LogP contribution in [0.25, 0.3) is 11.5 Å². The molecule has 7 heteroatoms. The quantitative estimate of drug-likeness (QED) is 0.822. The van der Waals surface area contributed by atoms with Crippen LogP contribution in [0.4, 0.5) is 0 Å². The fourth-order valence-corrected chi connectivity index (χ4v) is 1.64. The monoisotopic (exact) mass is 295 g/mol. The number of ether oxygens (including phenoxy) is 1. The molecule has 0 radical (unpaired) electrons. The number of benzene rings is 1. The largest absolute Gasteiger partial charge is 0.465 e. The molecule has 0 aliphatic carbocycles. The number of nitrogens with zero attached hydrogens (tertiary/aromatic N) is 2. The van der Waals surface area contributed by atoms with Gasteiger partial charge in [-0.05, 0) is 31.2 Å². The summed E-state index contributed by atoms with van der Waals surface area (Å²) in [7, 11) is 0. The summed E-state index contributed by atoms with van der Waals surface area (Å²) < 4.78 is 10.3. The van der Waals surface area contributed by atoms with E-state index in [0.29, 0.717) is 30.0 Å². The lowest BCUT2D eigenvalue weighted by Gasteiger charge is -2.01. The Hall–Kier alpha value is -1.92. The van der Waals surface area contributed by atoms with Crippen LogP contribution in [0.5, 0.6) is 0 Å². The van der Waals surface area contributed by atoms with Crippen molar-refractivity contribution in [3.05, 3.63) is 35.2 Å². The molecular formula is C13H14ClN3O3. The third-order valence-electron chi connectivity index (χ3n) is 2.41. The summed E-state index contributed by atoms with van der Waals surface area (Å²) in [5, 5.41) is 11.3. The zero-order valence-corrected chi connectivity index (χ0v) is 11.7. The van der Waals surface area contributed by atoms with E-state index in [9.17, 15) is 4.79 Å². The second-order valence-electron chi connectivity index (χ2n) is 3.92. The number of carbonyl (C=O) groups is 1. The Bertz CT molecular complexity index is 568. The lowest BCUT2D eigenvalue weighted by atomic mass is 10.2. The second-order valence-corrected chi connectivity index (χ2v) is 4.35. The van der Waals surface area contributed by atoms with Crippen LogP contribution in [0.1, 0.15) is 12.8 Å². The molecule has 0 saturated heterocycles. The van der Waals surface area contributed by atoms with Crippen LogP contribution in [-0.2, 0) is 16.1 Å². The van der Waals surface area contributed by atoms with Gasteiger partial charge in [-0.3, -0.25) is 10.1 Å². The first-order valence-electron chi connectivity index (χ1n) is 6.13. The van der Waals surface area contributed by atoms with E-state index < -0.39 is 0 Å². The van der Waals surface area contributed by atoms with E-state index in [1.54, 1.807) is 31.2 Å². The van der Waals surface area contributed by atoms with E-state index in [1.165, 1.54) is 0 Å². The number of carbonyl (C=O) groups excluding carboxylic acids is 1. The van der Waals surface area contributed by atoms with Gasteiger partial charge in [0.1, 0.15) is 0 Å². The minimum Gasteiger partial charge on any atom is -0.465 e. The van der Waals surface area contributed by atoms with E-state index in [4.69, 9.17) is 20.8 Å². The third-order valence-corrected chi connectivity index (χ3v) is 2.66. The summed E-state index contributed by atoms with van der Waals surface area (Å²) >= 11 is 5.81. The van der Waals surface area contributed by atoms with Gasteiger partial charge in [0.2, 0.25) is 11.8 Å². The molecule has 0 atom stereocenters. The van der Waals surface area contributed by atoms with Crippen molar-refractivity contribution in [3.8, 4) is 11.5 Å². The number of rotatable bonds is 6. The molecule has 0 unspecified atom stereocenters. The molecule has 2 aromatic rings. The SMILES string of the molecule is CCOC(=O)CNCc1nnc(-c2ccc(Cl)cc2)o1. The van der Waals surface area contributed by atoms with Crippen molar-refractivity contribution >= 4 is 17.6 Å². The van der Waals surface area contributed by atoms with Crippen LogP contribution in [0.3, 0.4) is 0 Å². The lowest BCUT2D eigenvalue weighted by Crippen LogP contribution is -2.24. The topological polar surface area (TPSA) is 77.2 Å². The molecule has 0 saturated carbocycles. The van der Waals surface area contributed by atoms with Gasteiger partial charge in [0.15, 0.2) is 0 Å². The van der Waals surface area contributed by atoms with E-state index >= 15 is 0 Å². The zero-order chi connectivity index (χ0) is 14.4. The number of esters is 1. The summed E-state index contributed by atoms with van der Waals surface area (Å²) in [6.45, 7) is 2.53. The molecule has 0 aliphatic heterocycles. The van der Waals surface area contributed by atoms with E-state index in [0.717, 1.165) is 5.56 Å². The summed E-state index contributed by atoms with van der Waals surface area (Å²) in [6, 6.07) is 7.09. The highest BCUT2D eigenvalue weighted by molar-refractivity contribution is 6.30. The van der Waals surface area contributed by atoms with Gasteiger partial charge in [0.05, 0.1) is 19.7 Å². The highest BCUT2D eigenvalue weighted by atomic mass is 35.5. The molecule has 1 heterocycles. The standard InChI is InChI=1S/C13H14ClN3O3/c1-2-19-12(18)8-15-7-11-16-17-13(20-11)9-3-5-10(14)6-4-9/h3-6,15H,2,7-8H2,1H3. The summed E-state index contributed by atoms with van der Waals surface area (Å²) in [5.41, 5.74) is 0.790. The molecule has 6 nitrogen and oxygen atoms in total. The molecule has 0 bridgehead atoms. The van der Waals surface area contributed by atoms with Crippen molar-refractivity contribution in [2.75, 3.05) is 13.2 Å². The van der Waals surface area contributed by atoms with Gasteiger partial charge in [-0.15, -0.1) is 10.2 Å². The van der Waals surface area contributed by atoms with Crippen molar-refractivity contribution in [2.24, 2.45) is 0 Å². The van der Waals surface area contributed by atoms with Crippen molar-refractivity contribution in [2.45, 2.75) is 13.5 Å². The first-order chi connectivity index (χ1) is 9.69. The summed E-state index contributed by atoms with van der Waals surface area (Å²) in [5.74, 6) is 0.499. The Morgan fingerprint density at radius 3 is 2.80 bits per heavy atom. The minimum absolute atomic E-state index is 0.104. The first-order valence-corrected chi connectivity index (χ1v) is 6.51. The summed E-state index contributed by atoms with van der Waals surface area (Å²) in [4.78, 5) is 11.1. The van der Waals surface area contributed by atoms with Crippen LogP contribution in [0.15, 0.2) is 28.7 Å². The van der Waals surface area contributed by atoms with Crippen molar-refractivity contribution in [1.29, 1.82) is 0 Å². The maximum atomic E-state index is 11.1. The third kappa shape index (κ3) is 4.04. The molecule has 0 aliphatic rings. The van der Waals surface area contributed by atoms with E-state index in [1.807, 2.05) is 0 Å². The van der Waals surface area contributed by atoms with Gasteiger partial charge in [-0.1, -0.05) is 11.6 Å². The van der Waals surface area contributed by atoms with Crippen molar-refractivity contribution < 1.29 is 13.9 Å². The van der Waals surface area contributed by atoms with Gasteiger partial charge >= 0.3 is 5.97 Å². The highest BCUT2D eigenvalue weighted by Gasteiger charge is 2.09. The van der Waals surface area contributed by atoms with E-state index in [2.05, 4.69) is 15.5 Å². The molecule has 1 aromatic carbocycles. The van der Waals surface area contributed by atoms with Gasteiger partial charge < -0.3 is 9.15 Å². The molecule has 0 amide bonds. The average molecular weight is 296 g/mol. The molecule has 2 rings (SSSR count). The van der Waals surface area contributed by atoms with Crippen LogP contribution in [-0.4, -0.2) is 29.3 Å². The number of hydrogen-bond acceptors (Lipinski definition) is 6. The maximum Gasteiger partial charge on any atom is 0.319 e. The van der Waals surface area contributed by atoms with Gasteiger partial charge in [-0.2, -0.15) is 0 Å². The molecule has 1 N–H and O–H groups in total. The normalized spacial score (nSPS) is 10.5. The van der Waals surface area contributed by atoms with Gasteiger partial charge in [0, 0.05) is 10.6 Å².